The van der Waals surface area contributed by atoms with Crippen molar-refractivity contribution < 1.29 is 5.11 Å². The van der Waals surface area contributed by atoms with Crippen LogP contribution in [0.2, 0.25) is 0 Å². The molecule has 0 radical (unpaired) electrons. The lowest BCUT2D eigenvalue weighted by atomic mass is 9.96. The Hall–Kier alpha value is -0.0800. The van der Waals surface area contributed by atoms with E-state index in [1.807, 2.05) is 0 Å². The van der Waals surface area contributed by atoms with Gasteiger partial charge in [0.1, 0.15) is 0 Å². The summed E-state index contributed by atoms with van der Waals surface area (Å²) >= 11 is 0. The molecule has 0 spiro atoms. The molecular formula is C14H29NO. The minimum Gasteiger partial charge on any atom is -0.396 e. The summed E-state index contributed by atoms with van der Waals surface area (Å²) in [6.07, 6.45) is 6.24. The molecule has 0 aromatic heterocycles. The van der Waals surface area contributed by atoms with Crippen LogP contribution in [-0.4, -0.2) is 24.3 Å². The molecule has 1 aliphatic rings. The molecule has 0 heterocycles. The maximum Gasteiger partial charge on any atom is 0.0434 e. The quantitative estimate of drug-likeness (QED) is 0.635. The second kappa shape index (κ2) is 7.29. The van der Waals surface area contributed by atoms with Gasteiger partial charge in [-0.3, -0.25) is 0 Å². The van der Waals surface area contributed by atoms with Crippen LogP contribution in [-0.2, 0) is 0 Å². The van der Waals surface area contributed by atoms with Crippen molar-refractivity contribution >= 4 is 0 Å². The average molecular weight is 227 g/mol. The number of aliphatic hydroxyl groups excluding tert-OH is 1. The minimum absolute atomic E-state index is 0.335. The second-order valence-electron chi connectivity index (χ2n) is 5.68. The van der Waals surface area contributed by atoms with Gasteiger partial charge >= 0.3 is 0 Å². The van der Waals surface area contributed by atoms with Crippen molar-refractivity contribution in [1.82, 2.24) is 5.32 Å². The van der Waals surface area contributed by atoms with E-state index >= 15 is 0 Å². The van der Waals surface area contributed by atoms with Crippen LogP contribution < -0.4 is 5.32 Å². The molecule has 0 aliphatic heterocycles. The lowest BCUT2D eigenvalue weighted by Crippen LogP contribution is -2.39. The van der Waals surface area contributed by atoms with Crippen LogP contribution in [0.4, 0.5) is 0 Å². The molecule has 1 fully saturated rings. The number of nitrogens with one attached hydrogen (secondary N) is 1. The highest BCUT2D eigenvalue weighted by Gasteiger charge is 2.32. The van der Waals surface area contributed by atoms with Crippen molar-refractivity contribution in [3.63, 3.8) is 0 Å². The third kappa shape index (κ3) is 4.84. The molecule has 0 saturated heterocycles. The molecule has 0 aromatic carbocycles. The zero-order valence-corrected chi connectivity index (χ0v) is 11.2. The summed E-state index contributed by atoms with van der Waals surface area (Å²) in [5, 5.41) is 12.8. The van der Waals surface area contributed by atoms with Gasteiger partial charge in [0.05, 0.1) is 0 Å². The first-order valence-corrected chi connectivity index (χ1v) is 7.03. The highest BCUT2D eigenvalue weighted by atomic mass is 16.3. The van der Waals surface area contributed by atoms with E-state index in [-0.39, 0.29) is 0 Å². The van der Waals surface area contributed by atoms with E-state index < -0.39 is 0 Å². The minimum atomic E-state index is 0.335. The fraction of sp³-hybridized carbons (Fsp3) is 1.00. The van der Waals surface area contributed by atoms with E-state index in [4.69, 9.17) is 5.11 Å². The maximum atomic E-state index is 9.03. The summed E-state index contributed by atoms with van der Waals surface area (Å²) in [6, 6.07) is 0.707. The van der Waals surface area contributed by atoms with E-state index in [2.05, 4.69) is 26.1 Å². The Morgan fingerprint density at radius 1 is 1.25 bits per heavy atom. The Bertz CT molecular complexity index is 170. The zero-order valence-electron chi connectivity index (χ0n) is 11.2. The van der Waals surface area contributed by atoms with E-state index in [0.29, 0.717) is 18.6 Å². The van der Waals surface area contributed by atoms with Crippen LogP contribution in [0, 0.1) is 17.8 Å². The van der Waals surface area contributed by atoms with Crippen molar-refractivity contribution in [1.29, 1.82) is 0 Å². The van der Waals surface area contributed by atoms with Gasteiger partial charge in [0.15, 0.2) is 0 Å². The number of hydrogen-bond donors (Lipinski definition) is 2. The van der Waals surface area contributed by atoms with Gasteiger partial charge in [-0.15, -0.1) is 0 Å². The van der Waals surface area contributed by atoms with E-state index in [1.165, 1.54) is 25.7 Å². The first-order chi connectivity index (χ1) is 7.69. The summed E-state index contributed by atoms with van der Waals surface area (Å²) in [5.74, 6) is 2.33. The standard InChI is InChI=1S/C14H29NO/c1-4-5-12(8-9-16)10-15-14(11(2)3)13-6-7-13/h11-16H,4-10H2,1-3H3. The molecule has 0 aromatic rings. The third-order valence-electron chi connectivity index (χ3n) is 3.72. The third-order valence-corrected chi connectivity index (χ3v) is 3.72. The average Bonchev–Trinajstić information content (AvgIpc) is 3.02. The molecule has 2 nitrogen and oxygen atoms in total. The van der Waals surface area contributed by atoms with Crippen LogP contribution >= 0.6 is 0 Å². The van der Waals surface area contributed by atoms with Crippen LogP contribution in [0.25, 0.3) is 0 Å². The Morgan fingerprint density at radius 3 is 2.38 bits per heavy atom. The Morgan fingerprint density at radius 2 is 1.94 bits per heavy atom. The first kappa shape index (κ1) is 14.0. The van der Waals surface area contributed by atoms with Crippen molar-refractivity contribution in [2.45, 2.75) is 58.9 Å². The highest BCUT2D eigenvalue weighted by Crippen LogP contribution is 2.35. The van der Waals surface area contributed by atoms with Gasteiger partial charge in [0.2, 0.25) is 0 Å². The lowest BCUT2D eigenvalue weighted by Gasteiger charge is -2.25. The molecule has 1 rings (SSSR count). The van der Waals surface area contributed by atoms with Crippen LogP contribution in [0.3, 0.4) is 0 Å². The van der Waals surface area contributed by atoms with Crippen LogP contribution in [0.15, 0.2) is 0 Å². The van der Waals surface area contributed by atoms with Gasteiger partial charge in [-0.05, 0) is 50.0 Å². The maximum absolute atomic E-state index is 9.03. The summed E-state index contributed by atoms with van der Waals surface area (Å²) in [6.45, 7) is 8.29. The molecule has 96 valence electrons. The van der Waals surface area contributed by atoms with Gasteiger partial charge in [0.25, 0.3) is 0 Å². The van der Waals surface area contributed by atoms with E-state index in [1.54, 1.807) is 0 Å². The SMILES string of the molecule is CCCC(CCO)CNC(C(C)C)C1CC1. The second-order valence-corrected chi connectivity index (χ2v) is 5.68. The smallest absolute Gasteiger partial charge is 0.0434 e. The molecular weight excluding hydrogens is 198 g/mol. The highest BCUT2D eigenvalue weighted by molar-refractivity contribution is 4.88. The molecule has 16 heavy (non-hydrogen) atoms. The Kier molecular flexibility index (Phi) is 6.37. The molecule has 0 bridgehead atoms. The Balaban J connectivity index is 2.27. The molecule has 2 unspecified atom stereocenters. The van der Waals surface area contributed by atoms with E-state index in [0.717, 1.165) is 24.8 Å². The van der Waals surface area contributed by atoms with Gasteiger partial charge < -0.3 is 10.4 Å². The fourth-order valence-electron chi connectivity index (χ4n) is 2.64. The van der Waals surface area contributed by atoms with Crippen molar-refractivity contribution in [2.75, 3.05) is 13.2 Å². The summed E-state index contributed by atoms with van der Waals surface area (Å²) in [5.41, 5.74) is 0. The normalized spacial score (nSPS) is 20.1. The van der Waals surface area contributed by atoms with Gasteiger partial charge in [-0.1, -0.05) is 27.2 Å². The molecule has 2 N–H and O–H groups in total. The van der Waals surface area contributed by atoms with Crippen molar-refractivity contribution in [2.24, 2.45) is 17.8 Å². The summed E-state index contributed by atoms with van der Waals surface area (Å²) < 4.78 is 0. The Labute approximate surface area is 101 Å². The van der Waals surface area contributed by atoms with Gasteiger partial charge in [-0.25, -0.2) is 0 Å². The number of aliphatic hydroxyl groups is 1. The van der Waals surface area contributed by atoms with Gasteiger partial charge in [-0.2, -0.15) is 0 Å². The summed E-state index contributed by atoms with van der Waals surface area (Å²) in [7, 11) is 0. The predicted octanol–water partition coefficient (Wildman–Crippen LogP) is 2.81. The number of hydrogen-bond acceptors (Lipinski definition) is 2. The monoisotopic (exact) mass is 227 g/mol. The van der Waals surface area contributed by atoms with E-state index in [9.17, 15) is 0 Å². The first-order valence-electron chi connectivity index (χ1n) is 7.03. The van der Waals surface area contributed by atoms with Crippen molar-refractivity contribution in [3.8, 4) is 0 Å². The molecule has 0 amide bonds. The van der Waals surface area contributed by atoms with Crippen LogP contribution in [0.5, 0.6) is 0 Å². The fourth-order valence-corrected chi connectivity index (χ4v) is 2.64. The molecule has 2 atom stereocenters. The topological polar surface area (TPSA) is 32.3 Å². The summed E-state index contributed by atoms with van der Waals surface area (Å²) in [4.78, 5) is 0. The zero-order chi connectivity index (χ0) is 12.0. The molecule has 1 saturated carbocycles. The van der Waals surface area contributed by atoms with Gasteiger partial charge in [0, 0.05) is 12.6 Å². The molecule has 1 aliphatic carbocycles. The number of rotatable bonds is 9. The van der Waals surface area contributed by atoms with Crippen molar-refractivity contribution in [3.05, 3.63) is 0 Å². The van der Waals surface area contributed by atoms with Crippen LogP contribution in [0.1, 0.15) is 52.9 Å². The predicted molar refractivity (Wildman–Crippen MR) is 69.5 cm³/mol. The lowest BCUT2D eigenvalue weighted by molar-refractivity contribution is 0.238. The molecule has 2 heteroatoms. The largest absolute Gasteiger partial charge is 0.396 e.